The molecule has 29 heavy (non-hydrogen) atoms. The van der Waals surface area contributed by atoms with Crippen LogP contribution in [-0.4, -0.2) is 16.9 Å². The Bertz CT molecular complexity index is 867. The van der Waals surface area contributed by atoms with Crippen LogP contribution in [0.1, 0.15) is 0 Å². The zero-order chi connectivity index (χ0) is 19.1. The number of hydrogen-bond donors (Lipinski definition) is 3. The van der Waals surface area contributed by atoms with E-state index >= 15 is 0 Å². The number of phenols is 1. The maximum absolute atomic E-state index is 12.2. The van der Waals surface area contributed by atoms with E-state index in [9.17, 15) is 14.7 Å². The molecular formula is C20H20Cl2N4O3. The van der Waals surface area contributed by atoms with Gasteiger partial charge < -0.3 is 40.6 Å². The number of hydrogen-bond acceptors (Lipinski definition) is 3. The van der Waals surface area contributed by atoms with Crippen LogP contribution in [0.15, 0.2) is 79.4 Å². The first-order valence-electron chi connectivity index (χ1n) is 8.41. The molecule has 7 nitrogen and oxygen atoms in total. The minimum Gasteiger partial charge on any atom is -1.00 e. The average molecular weight is 435 g/mol. The second-order valence-corrected chi connectivity index (χ2v) is 5.89. The Morgan fingerprint density at radius 3 is 1.45 bits per heavy atom. The van der Waals surface area contributed by atoms with Gasteiger partial charge >= 0.3 is 0 Å². The van der Waals surface area contributed by atoms with Crippen LogP contribution in [0.4, 0.5) is 11.4 Å². The lowest BCUT2D eigenvalue weighted by Gasteiger charge is -2.10. The number of para-hydroxylation sites is 1. The van der Waals surface area contributed by atoms with Gasteiger partial charge in [-0.15, -0.1) is 0 Å². The van der Waals surface area contributed by atoms with Gasteiger partial charge in [0.2, 0.25) is 13.1 Å². The number of benzene rings is 1. The quantitative estimate of drug-likeness (QED) is 0.269. The number of carbonyl (C=O) groups is 2. The summed E-state index contributed by atoms with van der Waals surface area (Å²) in [6.07, 6.45) is 7.10. The smallest absolute Gasteiger partial charge is 0.290 e. The molecule has 0 bridgehead atoms. The fourth-order valence-electron chi connectivity index (χ4n) is 2.54. The lowest BCUT2D eigenvalue weighted by atomic mass is 10.2. The Kier molecular flexibility index (Phi) is 9.58. The van der Waals surface area contributed by atoms with Gasteiger partial charge in [-0.2, -0.15) is 9.13 Å². The summed E-state index contributed by atoms with van der Waals surface area (Å²) >= 11 is 0. The molecule has 3 N–H and O–H groups in total. The molecule has 0 saturated carbocycles. The molecule has 1 aromatic carbocycles. The van der Waals surface area contributed by atoms with E-state index in [1.807, 2.05) is 36.4 Å². The molecule has 0 atom stereocenters. The summed E-state index contributed by atoms with van der Waals surface area (Å²) in [6.45, 7) is 0.225. The van der Waals surface area contributed by atoms with Gasteiger partial charge in [-0.1, -0.05) is 18.2 Å². The third-order valence-electron chi connectivity index (χ3n) is 3.79. The molecule has 0 aliphatic carbocycles. The van der Waals surface area contributed by atoms with E-state index in [0.29, 0.717) is 0 Å². The first-order chi connectivity index (χ1) is 13.1. The molecule has 3 aromatic rings. The monoisotopic (exact) mass is 434 g/mol. The highest BCUT2D eigenvalue weighted by molar-refractivity contribution is 5.96. The predicted octanol–water partition coefficient (Wildman–Crippen LogP) is -4.75. The second kappa shape index (κ2) is 11.6. The van der Waals surface area contributed by atoms with Crippen molar-refractivity contribution >= 4 is 23.2 Å². The summed E-state index contributed by atoms with van der Waals surface area (Å²) in [5.74, 6) is -0.759. The van der Waals surface area contributed by atoms with Gasteiger partial charge in [-0.3, -0.25) is 9.59 Å². The molecule has 0 aliphatic heterocycles. The number of aromatic hydroxyl groups is 1. The van der Waals surface area contributed by atoms with Crippen molar-refractivity contribution in [2.45, 2.75) is 13.1 Å². The molecule has 9 heteroatoms. The normalized spacial score (nSPS) is 9.52. The van der Waals surface area contributed by atoms with E-state index in [-0.39, 0.29) is 66.8 Å². The van der Waals surface area contributed by atoms with Crippen LogP contribution >= 0.6 is 0 Å². The van der Waals surface area contributed by atoms with E-state index in [4.69, 9.17) is 0 Å². The Labute approximate surface area is 180 Å². The number of amides is 2. The van der Waals surface area contributed by atoms with E-state index in [1.165, 1.54) is 0 Å². The van der Waals surface area contributed by atoms with Gasteiger partial charge in [0.25, 0.3) is 11.8 Å². The topological polar surface area (TPSA) is 86.2 Å². The van der Waals surface area contributed by atoms with Crippen LogP contribution in [0, 0.1) is 0 Å². The molecule has 0 radical (unpaired) electrons. The van der Waals surface area contributed by atoms with Crippen molar-refractivity contribution in [1.29, 1.82) is 0 Å². The van der Waals surface area contributed by atoms with Gasteiger partial charge in [-0.05, 0) is 12.1 Å². The number of carbonyl (C=O) groups excluding carboxylic acids is 2. The average Bonchev–Trinajstić information content (AvgIpc) is 2.66. The Morgan fingerprint density at radius 1 is 0.690 bits per heavy atom. The molecule has 2 amide bonds. The molecule has 0 unspecified atom stereocenters. The van der Waals surface area contributed by atoms with Crippen LogP contribution < -0.4 is 44.6 Å². The summed E-state index contributed by atoms with van der Waals surface area (Å²) in [5.41, 5.74) is 0.475. The number of aromatic nitrogens is 2. The zero-order valence-corrected chi connectivity index (χ0v) is 16.8. The maximum atomic E-state index is 12.2. The van der Waals surface area contributed by atoms with Crippen molar-refractivity contribution < 1.29 is 48.6 Å². The summed E-state index contributed by atoms with van der Waals surface area (Å²) in [4.78, 5) is 24.4. The van der Waals surface area contributed by atoms with E-state index in [1.54, 1.807) is 52.1 Å². The fourth-order valence-corrected chi connectivity index (χ4v) is 2.54. The summed E-state index contributed by atoms with van der Waals surface area (Å²) in [7, 11) is 0. The summed E-state index contributed by atoms with van der Waals surface area (Å²) in [6, 6.07) is 15.8. The minimum absolute atomic E-state index is 0. The minimum atomic E-state index is -0.287. The van der Waals surface area contributed by atoms with Crippen molar-refractivity contribution in [3.8, 4) is 5.75 Å². The number of nitrogens with one attached hydrogen (secondary N) is 2. The van der Waals surface area contributed by atoms with Gasteiger partial charge in [-0.25, -0.2) is 0 Å². The SMILES string of the molecule is O=C(C[n+]1ccccc1)Nc1cccc(NC(=O)C[n+]2ccccc2)c1O.[Cl-].[Cl-]. The van der Waals surface area contributed by atoms with Crippen molar-refractivity contribution in [3.05, 3.63) is 79.4 Å². The summed E-state index contributed by atoms with van der Waals surface area (Å²) < 4.78 is 3.43. The summed E-state index contributed by atoms with van der Waals surface area (Å²) in [5, 5.41) is 15.7. The number of halogens is 2. The van der Waals surface area contributed by atoms with Crippen LogP contribution in [0.2, 0.25) is 0 Å². The molecule has 0 aliphatic rings. The van der Waals surface area contributed by atoms with Gasteiger partial charge in [0.05, 0.1) is 11.4 Å². The third kappa shape index (κ3) is 7.06. The molecular weight excluding hydrogens is 415 g/mol. The molecule has 0 saturated heterocycles. The molecule has 0 spiro atoms. The standard InChI is InChI=1S/C20H18N4O3.2ClH/c25-18(14-23-10-3-1-4-11-23)21-16-8-7-9-17(20(16)27)22-19(26)15-24-12-5-2-6-13-24;;/h1-13H,14-15H2,(H-2,21,22,25,26,27);2*1H. The van der Waals surface area contributed by atoms with E-state index in [2.05, 4.69) is 10.6 Å². The molecule has 2 aromatic heterocycles. The van der Waals surface area contributed by atoms with Crippen LogP contribution in [0.3, 0.4) is 0 Å². The number of rotatable bonds is 6. The Morgan fingerprint density at radius 2 is 1.07 bits per heavy atom. The number of pyridine rings is 2. The van der Waals surface area contributed by atoms with Gasteiger partial charge in [0, 0.05) is 24.3 Å². The first-order valence-corrected chi connectivity index (χ1v) is 8.41. The van der Waals surface area contributed by atoms with Crippen molar-refractivity contribution in [2.75, 3.05) is 10.6 Å². The van der Waals surface area contributed by atoms with Crippen molar-refractivity contribution in [2.24, 2.45) is 0 Å². The van der Waals surface area contributed by atoms with Crippen molar-refractivity contribution in [1.82, 2.24) is 0 Å². The fraction of sp³-hybridized carbons (Fsp3) is 0.100. The number of phenolic OH excluding ortho intramolecular Hbond substituents is 1. The predicted molar refractivity (Wildman–Crippen MR) is 98.6 cm³/mol. The lowest BCUT2D eigenvalue weighted by Crippen LogP contribution is -3.00. The molecule has 152 valence electrons. The first kappa shape index (κ1) is 23.9. The highest BCUT2D eigenvalue weighted by Gasteiger charge is 2.16. The molecule has 2 heterocycles. The van der Waals surface area contributed by atoms with Crippen LogP contribution in [0.5, 0.6) is 5.75 Å². The van der Waals surface area contributed by atoms with E-state index in [0.717, 1.165) is 0 Å². The maximum Gasteiger partial charge on any atom is 0.290 e. The van der Waals surface area contributed by atoms with Crippen LogP contribution in [-0.2, 0) is 22.7 Å². The Hall–Kier alpha value is -3.16. The molecule has 0 fully saturated rings. The highest BCUT2D eigenvalue weighted by Crippen LogP contribution is 2.31. The second-order valence-electron chi connectivity index (χ2n) is 5.89. The zero-order valence-electron chi connectivity index (χ0n) is 15.3. The molecule has 3 rings (SSSR count). The number of anilines is 2. The van der Waals surface area contributed by atoms with Gasteiger partial charge in [0.1, 0.15) is 0 Å². The van der Waals surface area contributed by atoms with Gasteiger partial charge in [0.15, 0.2) is 30.5 Å². The van der Waals surface area contributed by atoms with Crippen LogP contribution in [0.25, 0.3) is 0 Å². The van der Waals surface area contributed by atoms with E-state index < -0.39 is 0 Å². The largest absolute Gasteiger partial charge is 1.00 e. The Balaban J connectivity index is 0.00000210. The number of nitrogens with zero attached hydrogens (tertiary/aromatic N) is 2. The van der Waals surface area contributed by atoms with Crippen molar-refractivity contribution in [3.63, 3.8) is 0 Å². The lowest BCUT2D eigenvalue weighted by molar-refractivity contribution is -0.684. The third-order valence-corrected chi connectivity index (χ3v) is 3.79. The highest BCUT2D eigenvalue weighted by atomic mass is 35.5.